The number of aryl methyl sites for hydroxylation is 2. The molecule has 0 amide bonds. The molecule has 0 saturated carbocycles. The van der Waals surface area contributed by atoms with Gasteiger partial charge in [-0.2, -0.15) is 0 Å². The molecule has 3 aromatic rings. The zero-order valence-electron chi connectivity index (χ0n) is 17.0. The minimum atomic E-state index is 0.295. The quantitative estimate of drug-likeness (QED) is 0.417. The van der Waals surface area contributed by atoms with E-state index in [4.69, 9.17) is 4.74 Å². The minimum Gasteiger partial charge on any atom is -0.508 e. The lowest BCUT2D eigenvalue weighted by molar-refractivity contribution is 0.301. The van der Waals surface area contributed by atoms with Crippen LogP contribution in [-0.4, -0.2) is 16.3 Å². The maximum atomic E-state index is 9.51. The molecule has 0 aliphatic rings. The summed E-state index contributed by atoms with van der Waals surface area (Å²) in [5.74, 6) is 1.24. The number of unbranched alkanes of at least 4 members (excludes halogenated alkanes) is 2. The largest absolute Gasteiger partial charge is 0.508 e. The van der Waals surface area contributed by atoms with E-state index in [0.717, 1.165) is 30.7 Å². The predicted molar refractivity (Wildman–Crippen MR) is 116 cm³/mol. The summed E-state index contributed by atoms with van der Waals surface area (Å²) in [4.78, 5) is 0. The first-order valence-corrected chi connectivity index (χ1v) is 10.3. The van der Waals surface area contributed by atoms with E-state index in [1.165, 1.54) is 36.2 Å². The number of hydrogen-bond donors (Lipinski definition) is 1. The molecule has 3 nitrogen and oxygen atoms in total. The first-order chi connectivity index (χ1) is 13.7. The molecule has 0 aliphatic heterocycles. The molecule has 0 aliphatic carbocycles. The Morgan fingerprint density at radius 3 is 2.32 bits per heavy atom. The molecule has 0 saturated heterocycles. The zero-order chi connectivity index (χ0) is 19.8. The summed E-state index contributed by atoms with van der Waals surface area (Å²) in [6, 6.07) is 20.2. The fraction of sp³-hybridized carbons (Fsp3) is 0.360. The van der Waals surface area contributed by atoms with Crippen molar-refractivity contribution in [2.75, 3.05) is 6.61 Å². The lowest BCUT2D eigenvalue weighted by Crippen LogP contribution is -2.07. The van der Waals surface area contributed by atoms with Crippen LogP contribution >= 0.6 is 0 Å². The molecule has 0 atom stereocenters. The lowest BCUT2D eigenvalue weighted by Gasteiger charge is -2.13. The Hall–Kier alpha value is -2.68. The van der Waals surface area contributed by atoms with Crippen LogP contribution in [0.15, 0.2) is 60.7 Å². The highest BCUT2D eigenvalue weighted by atomic mass is 16.5. The van der Waals surface area contributed by atoms with Crippen molar-refractivity contribution < 1.29 is 9.84 Å². The van der Waals surface area contributed by atoms with Crippen LogP contribution in [0.3, 0.4) is 0 Å². The SMILES string of the molecule is CCCCCc1ccc(OCCCn2c(C)ccc2-c2ccc(O)cc2)cc1. The molecular weight excluding hydrogens is 346 g/mol. The fourth-order valence-corrected chi connectivity index (χ4v) is 3.49. The van der Waals surface area contributed by atoms with E-state index in [9.17, 15) is 5.11 Å². The van der Waals surface area contributed by atoms with Gasteiger partial charge in [0.1, 0.15) is 11.5 Å². The van der Waals surface area contributed by atoms with Gasteiger partial charge >= 0.3 is 0 Å². The zero-order valence-corrected chi connectivity index (χ0v) is 17.0. The van der Waals surface area contributed by atoms with Crippen LogP contribution in [0.25, 0.3) is 11.3 Å². The van der Waals surface area contributed by atoms with E-state index in [0.29, 0.717) is 12.4 Å². The monoisotopic (exact) mass is 377 g/mol. The van der Waals surface area contributed by atoms with E-state index in [2.05, 4.69) is 54.8 Å². The van der Waals surface area contributed by atoms with Crippen LogP contribution in [0.2, 0.25) is 0 Å². The number of nitrogens with zero attached hydrogens (tertiary/aromatic N) is 1. The van der Waals surface area contributed by atoms with Gasteiger partial charge in [-0.1, -0.05) is 31.9 Å². The second-order valence-corrected chi connectivity index (χ2v) is 7.36. The van der Waals surface area contributed by atoms with E-state index in [-0.39, 0.29) is 0 Å². The number of aromatic hydroxyl groups is 1. The molecule has 28 heavy (non-hydrogen) atoms. The third kappa shape index (κ3) is 5.41. The number of ether oxygens (including phenoxy) is 1. The van der Waals surface area contributed by atoms with Gasteiger partial charge in [-0.3, -0.25) is 0 Å². The van der Waals surface area contributed by atoms with Gasteiger partial charge in [0.05, 0.1) is 6.61 Å². The molecule has 1 heterocycles. The predicted octanol–water partition coefficient (Wildman–Crippen LogP) is 6.37. The van der Waals surface area contributed by atoms with Crippen molar-refractivity contribution in [2.45, 2.75) is 52.5 Å². The molecule has 0 spiro atoms. The van der Waals surface area contributed by atoms with Crippen molar-refractivity contribution in [2.24, 2.45) is 0 Å². The van der Waals surface area contributed by atoms with Crippen molar-refractivity contribution in [3.63, 3.8) is 0 Å². The third-order valence-electron chi connectivity index (χ3n) is 5.15. The smallest absolute Gasteiger partial charge is 0.119 e. The summed E-state index contributed by atoms with van der Waals surface area (Å²) in [5, 5.41) is 9.51. The van der Waals surface area contributed by atoms with E-state index >= 15 is 0 Å². The second-order valence-electron chi connectivity index (χ2n) is 7.36. The highest BCUT2D eigenvalue weighted by molar-refractivity contribution is 5.61. The maximum absolute atomic E-state index is 9.51. The minimum absolute atomic E-state index is 0.295. The first-order valence-electron chi connectivity index (χ1n) is 10.3. The van der Waals surface area contributed by atoms with Gasteiger partial charge in [-0.25, -0.2) is 0 Å². The highest BCUT2D eigenvalue weighted by Crippen LogP contribution is 2.25. The Kier molecular flexibility index (Phi) is 7.18. The molecule has 0 fully saturated rings. The molecule has 1 N–H and O–H groups in total. The van der Waals surface area contributed by atoms with Gasteiger partial charge in [0.15, 0.2) is 0 Å². The topological polar surface area (TPSA) is 34.4 Å². The Bertz CT molecular complexity index is 847. The van der Waals surface area contributed by atoms with Crippen molar-refractivity contribution in [1.82, 2.24) is 4.57 Å². The summed E-state index contributed by atoms with van der Waals surface area (Å²) in [6.07, 6.45) is 5.91. The molecule has 0 radical (unpaired) electrons. The molecular formula is C25H31NO2. The van der Waals surface area contributed by atoms with Crippen LogP contribution in [0, 0.1) is 6.92 Å². The van der Waals surface area contributed by atoms with Crippen molar-refractivity contribution in [1.29, 1.82) is 0 Å². The van der Waals surface area contributed by atoms with Crippen LogP contribution in [0.1, 0.15) is 43.9 Å². The second kappa shape index (κ2) is 10.0. The van der Waals surface area contributed by atoms with Crippen LogP contribution < -0.4 is 4.74 Å². The molecule has 3 heteroatoms. The van der Waals surface area contributed by atoms with Crippen molar-refractivity contribution in [3.05, 3.63) is 71.9 Å². The maximum Gasteiger partial charge on any atom is 0.119 e. The summed E-state index contributed by atoms with van der Waals surface area (Å²) >= 11 is 0. The van der Waals surface area contributed by atoms with E-state index < -0.39 is 0 Å². The summed E-state index contributed by atoms with van der Waals surface area (Å²) in [5.41, 5.74) is 4.92. The number of rotatable bonds is 10. The normalized spacial score (nSPS) is 10.9. The Morgan fingerprint density at radius 2 is 1.61 bits per heavy atom. The number of phenols is 1. The van der Waals surface area contributed by atoms with Gasteiger partial charge < -0.3 is 14.4 Å². The van der Waals surface area contributed by atoms with Gasteiger partial charge in [-0.15, -0.1) is 0 Å². The van der Waals surface area contributed by atoms with Crippen LogP contribution in [0.5, 0.6) is 11.5 Å². The summed E-state index contributed by atoms with van der Waals surface area (Å²) in [6.45, 7) is 5.97. The van der Waals surface area contributed by atoms with Gasteiger partial charge in [0.2, 0.25) is 0 Å². The summed E-state index contributed by atoms with van der Waals surface area (Å²) in [7, 11) is 0. The van der Waals surface area contributed by atoms with E-state index in [1.807, 2.05) is 12.1 Å². The summed E-state index contributed by atoms with van der Waals surface area (Å²) < 4.78 is 8.25. The average molecular weight is 378 g/mol. The van der Waals surface area contributed by atoms with Gasteiger partial charge in [-0.05, 0) is 85.8 Å². The number of aromatic nitrogens is 1. The number of hydrogen-bond acceptors (Lipinski definition) is 2. The fourth-order valence-electron chi connectivity index (χ4n) is 3.49. The van der Waals surface area contributed by atoms with Gasteiger partial charge in [0.25, 0.3) is 0 Å². The highest BCUT2D eigenvalue weighted by Gasteiger charge is 2.07. The first kappa shape index (κ1) is 20.1. The van der Waals surface area contributed by atoms with E-state index in [1.54, 1.807) is 12.1 Å². The lowest BCUT2D eigenvalue weighted by atomic mass is 10.1. The van der Waals surface area contributed by atoms with Crippen molar-refractivity contribution >= 4 is 0 Å². The van der Waals surface area contributed by atoms with Gasteiger partial charge in [0, 0.05) is 17.9 Å². The number of benzene rings is 2. The molecule has 148 valence electrons. The third-order valence-corrected chi connectivity index (χ3v) is 5.15. The van der Waals surface area contributed by atoms with Crippen LogP contribution in [-0.2, 0) is 13.0 Å². The Balaban J connectivity index is 1.50. The average Bonchev–Trinajstić information content (AvgIpc) is 3.08. The Labute approximate surface area is 168 Å². The van der Waals surface area contributed by atoms with Crippen LogP contribution in [0.4, 0.5) is 0 Å². The molecule has 0 bridgehead atoms. The number of phenolic OH excluding ortho intramolecular Hbond substituents is 1. The molecule has 1 aromatic heterocycles. The molecule has 2 aromatic carbocycles. The van der Waals surface area contributed by atoms with Crippen molar-refractivity contribution in [3.8, 4) is 22.8 Å². The standard InChI is InChI=1S/C25H31NO2/c1-3-4-5-7-21-9-15-24(16-10-21)28-19-6-18-26-20(2)8-17-25(26)22-11-13-23(27)14-12-22/h8-17,27H,3-7,18-19H2,1-2H3. The Morgan fingerprint density at radius 1 is 0.857 bits per heavy atom. The molecule has 0 unspecified atom stereocenters. The molecule has 3 rings (SSSR count).